The summed E-state index contributed by atoms with van der Waals surface area (Å²) in [7, 11) is -4.26. The van der Waals surface area contributed by atoms with Crippen molar-refractivity contribution in [1.82, 2.24) is 4.72 Å². The maximum Gasteiger partial charge on any atom is 0.419 e. The fraction of sp³-hybridized carbons (Fsp3) is 0.286. The molecule has 2 N–H and O–H groups in total. The van der Waals surface area contributed by atoms with Crippen LogP contribution in [0.5, 0.6) is 0 Å². The molecule has 3 aromatic rings. The molecule has 0 aliphatic carbocycles. The number of nitrogens with one attached hydrogen (secondary N) is 1. The lowest BCUT2D eigenvalue weighted by atomic mass is 10.1. The quantitative estimate of drug-likeness (QED) is 0.229. The Bertz CT molecular complexity index is 1300. The third-order valence-electron chi connectivity index (χ3n) is 4.80. The van der Waals surface area contributed by atoms with Crippen molar-refractivity contribution < 1.29 is 35.9 Å². The van der Waals surface area contributed by atoms with E-state index in [4.69, 9.17) is 5.11 Å². The summed E-state index contributed by atoms with van der Waals surface area (Å²) in [5.74, 6) is -2.46. The van der Waals surface area contributed by atoms with Gasteiger partial charge in [-0.05, 0) is 52.5 Å². The number of hydrogen-bond donors (Lipinski definition) is 2. The second-order valence-corrected chi connectivity index (χ2v) is 10.8. The van der Waals surface area contributed by atoms with Crippen LogP contribution in [-0.4, -0.2) is 26.0 Å². The largest absolute Gasteiger partial charge is 0.481 e. The number of thiophene rings is 1. The van der Waals surface area contributed by atoms with Crippen molar-refractivity contribution >= 4 is 58.5 Å². The van der Waals surface area contributed by atoms with Gasteiger partial charge in [0.1, 0.15) is 10.8 Å². The van der Waals surface area contributed by atoms with Crippen molar-refractivity contribution in [2.45, 2.75) is 32.0 Å². The number of anilines is 1. The van der Waals surface area contributed by atoms with Gasteiger partial charge in [-0.3, -0.25) is 4.79 Å². The summed E-state index contributed by atoms with van der Waals surface area (Å²) in [6.45, 7) is -0.551. The van der Waals surface area contributed by atoms with Gasteiger partial charge < -0.3 is 5.11 Å². The lowest BCUT2D eigenvalue weighted by Gasteiger charge is -2.24. The molecule has 1 aromatic heterocycles. The van der Waals surface area contributed by atoms with E-state index in [1.807, 2.05) is 0 Å². The van der Waals surface area contributed by atoms with Gasteiger partial charge in [-0.1, -0.05) is 24.3 Å². The van der Waals surface area contributed by atoms with Crippen LogP contribution in [0.25, 0.3) is 10.1 Å². The zero-order valence-corrected chi connectivity index (χ0v) is 20.6. The number of aliphatic carboxylic acids is 1. The molecule has 1 heterocycles. The molecule has 0 amide bonds. The number of halogens is 5. The first-order chi connectivity index (χ1) is 15.9. The van der Waals surface area contributed by atoms with Gasteiger partial charge in [0.05, 0.1) is 16.6 Å². The van der Waals surface area contributed by atoms with Gasteiger partial charge in [0.2, 0.25) is 0 Å². The van der Waals surface area contributed by atoms with Crippen LogP contribution in [0.3, 0.4) is 0 Å². The molecule has 0 saturated heterocycles. The summed E-state index contributed by atoms with van der Waals surface area (Å²) >= 11 is 4.52. The maximum atomic E-state index is 13.7. The highest BCUT2D eigenvalue weighted by Gasteiger charge is 2.35. The SMILES string of the molecule is O=C(O)CCCCNS(=O)(=O)N(Cc1ccc(F)c(C(F)(F)F)c1)c1sc2ccccc2c1Br. The number of unbranched alkanes of at least 4 members (excludes halogenated alkanes) is 1. The van der Waals surface area contributed by atoms with E-state index in [0.29, 0.717) is 16.6 Å². The van der Waals surface area contributed by atoms with Crippen LogP contribution in [0.4, 0.5) is 22.6 Å². The van der Waals surface area contributed by atoms with Gasteiger partial charge in [-0.2, -0.15) is 26.3 Å². The summed E-state index contributed by atoms with van der Waals surface area (Å²) in [6.07, 6.45) is -4.56. The molecule has 0 aliphatic heterocycles. The smallest absolute Gasteiger partial charge is 0.419 e. The van der Waals surface area contributed by atoms with E-state index in [0.717, 1.165) is 31.8 Å². The fourth-order valence-electron chi connectivity index (χ4n) is 3.16. The molecule has 0 aliphatic rings. The van der Waals surface area contributed by atoms with Crippen LogP contribution in [-0.2, 0) is 27.7 Å². The minimum atomic E-state index is -4.94. The van der Waals surface area contributed by atoms with Crippen molar-refractivity contribution in [3.63, 3.8) is 0 Å². The molecular weight excluding hydrogens is 564 g/mol. The Kier molecular flexibility index (Phi) is 8.22. The average Bonchev–Trinajstić information content (AvgIpc) is 3.08. The first-order valence-electron chi connectivity index (χ1n) is 9.92. The molecule has 184 valence electrons. The highest BCUT2D eigenvalue weighted by atomic mass is 79.9. The van der Waals surface area contributed by atoms with E-state index in [9.17, 15) is 30.8 Å². The Balaban J connectivity index is 1.97. The first kappa shape index (κ1) is 26.4. The third kappa shape index (κ3) is 6.26. The zero-order chi connectivity index (χ0) is 25.1. The molecule has 0 spiro atoms. The summed E-state index contributed by atoms with van der Waals surface area (Å²) < 4.78 is 84.2. The van der Waals surface area contributed by atoms with Gasteiger partial charge >= 0.3 is 22.4 Å². The zero-order valence-electron chi connectivity index (χ0n) is 17.4. The van der Waals surface area contributed by atoms with Crippen LogP contribution >= 0.6 is 27.3 Å². The highest BCUT2D eigenvalue weighted by molar-refractivity contribution is 9.10. The predicted molar refractivity (Wildman–Crippen MR) is 126 cm³/mol. The Labute approximate surface area is 205 Å². The molecule has 0 bridgehead atoms. The second-order valence-electron chi connectivity index (χ2n) is 7.29. The minimum Gasteiger partial charge on any atom is -0.481 e. The monoisotopic (exact) mass is 582 g/mol. The predicted octanol–water partition coefficient (Wildman–Crippen LogP) is 5.92. The molecule has 0 saturated carbocycles. The Morgan fingerprint density at radius 1 is 1.15 bits per heavy atom. The minimum absolute atomic E-state index is 0.0608. The van der Waals surface area contributed by atoms with Crippen molar-refractivity contribution in [3.05, 3.63) is 63.9 Å². The number of nitrogens with zero attached hydrogens (tertiary/aromatic N) is 1. The molecule has 0 atom stereocenters. The fourth-order valence-corrected chi connectivity index (χ4v) is 6.81. The number of rotatable bonds is 10. The average molecular weight is 583 g/mol. The maximum absolute atomic E-state index is 13.7. The van der Waals surface area contributed by atoms with Crippen molar-refractivity contribution in [3.8, 4) is 0 Å². The molecular formula is C21H19BrF4N2O4S2. The van der Waals surface area contributed by atoms with Gasteiger partial charge in [0, 0.05) is 23.1 Å². The molecule has 0 radical (unpaired) electrons. The molecule has 2 aromatic carbocycles. The molecule has 3 rings (SSSR count). The summed E-state index contributed by atoms with van der Waals surface area (Å²) in [5, 5.41) is 9.67. The van der Waals surface area contributed by atoms with Gasteiger partial charge in [-0.15, -0.1) is 11.3 Å². The summed E-state index contributed by atoms with van der Waals surface area (Å²) in [6, 6.07) is 9.42. The molecule has 0 unspecified atom stereocenters. The van der Waals surface area contributed by atoms with E-state index in [1.165, 1.54) is 0 Å². The lowest BCUT2D eigenvalue weighted by molar-refractivity contribution is -0.140. The van der Waals surface area contributed by atoms with Crippen LogP contribution in [0.2, 0.25) is 0 Å². The summed E-state index contributed by atoms with van der Waals surface area (Å²) in [4.78, 5) is 10.6. The van der Waals surface area contributed by atoms with E-state index >= 15 is 0 Å². The van der Waals surface area contributed by atoms with E-state index in [1.54, 1.807) is 24.3 Å². The standard InChI is InChI=1S/C21H19BrF4N2O4S2/c22-19-14-5-1-2-6-17(14)33-20(19)28(34(31,32)27-10-4-3-7-18(29)30)12-13-8-9-16(23)15(11-13)21(24,25)26/h1-2,5-6,8-9,11,27H,3-4,7,10,12H2,(H,29,30). The Morgan fingerprint density at radius 3 is 2.50 bits per heavy atom. The number of benzene rings is 2. The van der Waals surface area contributed by atoms with Crippen molar-refractivity contribution in [2.75, 3.05) is 10.8 Å². The number of carboxylic acids is 1. The van der Waals surface area contributed by atoms with Gasteiger partial charge in [0.25, 0.3) is 0 Å². The summed E-state index contributed by atoms with van der Waals surface area (Å²) in [5.41, 5.74) is -1.55. The van der Waals surface area contributed by atoms with Crippen molar-refractivity contribution in [2.24, 2.45) is 0 Å². The van der Waals surface area contributed by atoms with E-state index in [-0.39, 0.29) is 36.4 Å². The highest BCUT2D eigenvalue weighted by Crippen LogP contribution is 2.43. The van der Waals surface area contributed by atoms with Crippen LogP contribution in [0.15, 0.2) is 46.9 Å². The number of alkyl halides is 3. The number of fused-ring (bicyclic) bond motifs is 1. The molecule has 34 heavy (non-hydrogen) atoms. The Morgan fingerprint density at radius 2 is 1.85 bits per heavy atom. The third-order valence-corrected chi connectivity index (χ3v) is 8.63. The normalized spacial score (nSPS) is 12.3. The van der Waals surface area contributed by atoms with E-state index < -0.39 is 40.3 Å². The molecule has 13 heteroatoms. The number of carboxylic acid groups (broad SMARTS) is 1. The topological polar surface area (TPSA) is 86.7 Å². The van der Waals surface area contributed by atoms with Crippen LogP contribution in [0.1, 0.15) is 30.4 Å². The van der Waals surface area contributed by atoms with Crippen LogP contribution in [0, 0.1) is 5.82 Å². The number of carbonyl (C=O) groups is 1. The second kappa shape index (κ2) is 10.6. The number of hydrogen-bond acceptors (Lipinski definition) is 4. The van der Waals surface area contributed by atoms with Gasteiger partial charge in [0.15, 0.2) is 0 Å². The first-order valence-corrected chi connectivity index (χ1v) is 13.0. The van der Waals surface area contributed by atoms with Gasteiger partial charge in [-0.25, -0.2) is 8.70 Å². The van der Waals surface area contributed by atoms with Crippen molar-refractivity contribution in [1.29, 1.82) is 0 Å². The van der Waals surface area contributed by atoms with Crippen LogP contribution < -0.4 is 9.03 Å². The molecule has 0 fully saturated rings. The van der Waals surface area contributed by atoms with E-state index in [2.05, 4.69) is 20.7 Å². The molecule has 6 nitrogen and oxygen atoms in total. The lowest BCUT2D eigenvalue weighted by Crippen LogP contribution is -2.40. The Hall–Kier alpha value is -2.22.